The molecular weight excluding hydrogens is 342 g/mol. The highest BCUT2D eigenvalue weighted by atomic mass is 16.7. The highest BCUT2D eigenvalue weighted by Gasteiger charge is 2.22. The molecule has 0 saturated carbocycles. The number of hydrogen-bond acceptors (Lipinski definition) is 5. The molecule has 1 unspecified atom stereocenters. The molecule has 2 aliphatic heterocycles. The Kier molecular flexibility index (Phi) is 5.14. The second-order valence-electron chi connectivity index (χ2n) is 7.02. The number of nitrogens with zero attached hydrogens (tertiary/aromatic N) is 2. The van der Waals surface area contributed by atoms with E-state index in [1.165, 1.54) is 19.3 Å². The van der Waals surface area contributed by atoms with Crippen LogP contribution in [0.5, 0.6) is 11.5 Å². The van der Waals surface area contributed by atoms with Crippen LogP contribution in [0.15, 0.2) is 36.5 Å². The molecular formula is C21H25N3O3. The number of aromatic nitrogens is 1. The summed E-state index contributed by atoms with van der Waals surface area (Å²) in [6.45, 7) is 3.93. The maximum Gasteiger partial charge on any atom is 0.270 e. The van der Waals surface area contributed by atoms with Crippen molar-refractivity contribution in [3.8, 4) is 11.5 Å². The molecule has 3 heterocycles. The minimum atomic E-state index is -0.167. The van der Waals surface area contributed by atoms with Crippen LogP contribution >= 0.6 is 0 Å². The zero-order chi connectivity index (χ0) is 18.6. The lowest BCUT2D eigenvalue weighted by molar-refractivity contribution is 0.0946. The van der Waals surface area contributed by atoms with E-state index in [4.69, 9.17) is 9.47 Å². The molecule has 0 spiro atoms. The van der Waals surface area contributed by atoms with Gasteiger partial charge in [-0.25, -0.2) is 0 Å². The van der Waals surface area contributed by atoms with E-state index in [-0.39, 0.29) is 12.7 Å². The van der Waals surface area contributed by atoms with E-state index in [1.807, 2.05) is 30.3 Å². The van der Waals surface area contributed by atoms with E-state index in [9.17, 15) is 4.79 Å². The molecule has 4 rings (SSSR count). The first-order valence-corrected chi connectivity index (χ1v) is 9.64. The molecule has 1 saturated heterocycles. The maximum atomic E-state index is 12.6. The minimum Gasteiger partial charge on any atom is -0.454 e. The number of ether oxygens (including phenoxy) is 2. The molecule has 1 fully saturated rings. The topological polar surface area (TPSA) is 63.7 Å². The molecule has 0 radical (unpaired) electrons. The fraction of sp³-hybridized carbons (Fsp3) is 0.429. The number of nitrogens with one attached hydrogen (secondary N) is 1. The van der Waals surface area contributed by atoms with Crippen molar-refractivity contribution in [2.45, 2.75) is 45.2 Å². The third-order valence-electron chi connectivity index (χ3n) is 5.30. The SMILES string of the molecule is CCC1CCCCN1c1ccnc(C(=O)NCc2ccc3c(c2)OCO3)c1. The Morgan fingerprint density at radius 2 is 2.11 bits per heavy atom. The van der Waals surface area contributed by atoms with Gasteiger partial charge in [-0.05, 0) is 55.5 Å². The number of carbonyl (C=O) groups excluding carboxylic acids is 1. The third-order valence-corrected chi connectivity index (χ3v) is 5.30. The molecule has 1 N–H and O–H groups in total. The van der Waals surface area contributed by atoms with Crippen molar-refractivity contribution < 1.29 is 14.3 Å². The highest BCUT2D eigenvalue weighted by Crippen LogP contribution is 2.32. The van der Waals surface area contributed by atoms with Gasteiger partial charge in [0, 0.05) is 31.0 Å². The number of carbonyl (C=O) groups is 1. The number of hydrogen-bond donors (Lipinski definition) is 1. The fourth-order valence-electron chi connectivity index (χ4n) is 3.81. The van der Waals surface area contributed by atoms with Gasteiger partial charge in [0.2, 0.25) is 6.79 Å². The predicted molar refractivity (Wildman–Crippen MR) is 103 cm³/mol. The smallest absolute Gasteiger partial charge is 0.270 e. The van der Waals surface area contributed by atoms with Gasteiger partial charge in [0.1, 0.15) is 5.69 Å². The van der Waals surface area contributed by atoms with Crippen LogP contribution in [0.2, 0.25) is 0 Å². The first kappa shape index (κ1) is 17.6. The largest absolute Gasteiger partial charge is 0.454 e. The summed E-state index contributed by atoms with van der Waals surface area (Å²) in [4.78, 5) is 19.3. The molecule has 1 aromatic heterocycles. The summed E-state index contributed by atoms with van der Waals surface area (Å²) in [5.41, 5.74) is 2.50. The molecule has 1 atom stereocenters. The second kappa shape index (κ2) is 7.86. The van der Waals surface area contributed by atoms with E-state index < -0.39 is 0 Å². The van der Waals surface area contributed by atoms with E-state index >= 15 is 0 Å². The van der Waals surface area contributed by atoms with Crippen LogP contribution in [0.3, 0.4) is 0 Å². The van der Waals surface area contributed by atoms with Crippen LogP contribution in [0, 0.1) is 0 Å². The van der Waals surface area contributed by atoms with Crippen LogP contribution in [-0.2, 0) is 6.54 Å². The van der Waals surface area contributed by atoms with Crippen molar-refractivity contribution in [1.82, 2.24) is 10.3 Å². The summed E-state index contributed by atoms with van der Waals surface area (Å²) in [6, 6.07) is 10.1. The molecule has 2 aliphatic rings. The molecule has 27 heavy (non-hydrogen) atoms. The van der Waals surface area contributed by atoms with E-state index in [0.29, 0.717) is 18.3 Å². The quantitative estimate of drug-likeness (QED) is 0.876. The van der Waals surface area contributed by atoms with Gasteiger partial charge in [0.25, 0.3) is 5.91 Å². The number of piperidine rings is 1. The Bertz CT molecular complexity index is 824. The monoisotopic (exact) mass is 367 g/mol. The maximum absolute atomic E-state index is 12.6. The third kappa shape index (κ3) is 3.84. The Hall–Kier alpha value is -2.76. The van der Waals surface area contributed by atoms with Crippen molar-refractivity contribution in [1.29, 1.82) is 0 Å². The van der Waals surface area contributed by atoms with Crippen molar-refractivity contribution >= 4 is 11.6 Å². The molecule has 0 aliphatic carbocycles. The van der Waals surface area contributed by atoms with Crippen molar-refractivity contribution in [3.63, 3.8) is 0 Å². The van der Waals surface area contributed by atoms with Crippen molar-refractivity contribution in [2.75, 3.05) is 18.2 Å². The fourth-order valence-corrected chi connectivity index (χ4v) is 3.81. The molecule has 6 nitrogen and oxygen atoms in total. The molecule has 2 aromatic rings. The second-order valence-corrected chi connectivity index (χ2v) is 7.02. The zero-order valence-corrected chi connectivity index (χ0v) is 15.6. The minimum absolute atomic E-state index is 0.167. The number of rotatable bonds is 5. The molecule has 142 valence electrons. The van der Waals surface area contributed by atoms with Crippen LogP contribution in [0.1, 0.15) is 48.7 Å². The Morgan fingerprint density at radius 1 is 1.22 bits per heavy atom. The van der Waals surface area contributed by atoms with Crippen LogP contribution in [-0.4, -0.2) is 30.3 Å². The molecule has 6 heteroatoms. The van der Waals surface area contributed by atoms with Crippen LogP contribution in [0.4, 0.5) is 5.69 Å². The van der Waals surface area contributed by atoms with Gasteiger partial charge < -0.3 is 19.7 Å². The van der Waals surface area contributed by atoms with Crippen LogP contribution < -0.4 is 19.7 Å². The molecule has 0 bridgehead atoms. The molecule has 1 amide bonds. The summed E-state index contributed by atoms with van der Waals surface area (Å²) >= 11 is 0. The van der Waals surface area contributed by atoms with Gasteiger partial charge in [-0.2, -0.15) is 0 Å². The standard InChI is InChI=1S/C21H25N3O3/c1-2-16-5-3-4-10-24(16)17-8-9-22-18(12-17)21(25)23-13-15-6-7-19-20(11-15)27-14-26-19/h6-9,11-12,16H,2-5,10,13-14H2,1H3,(H,23,25). The summed E-state index contributed by atoms with van der Waals surface area (Å²) in [5, 5.41) is 2.95. The van der Waals surface area contributed by atoms with Gasteiger partial charge >= 0.3 is 0 Å². The van der Waals surface area contributed by atoms with Gasteiger partial charge in [-0.15, -0.1) is 0 Å². The highest BCUT2D eigenvalue weighted by molar-refractivity contribution is 5.93. The summed E-state index contributed by atoms with van der Waals surface area (Å²) < 4.78 is 10.7. The van der Waals surface area contributed by atoms with E-state index in [0.717, 1.165) is 35.7 Å². The summed E-state index contributed by atoms with van der Waals surface area (Å²) in [7, 11) is 0. The Morgan fingerprint density at radius 3 is 3.00 bits per heavy atom. The first-order valence-electron chi connectivity index (χ1n) is 9.64. The lowest BCUT2D eigenvalue weighted by Gasteiger charge is -2.37. The lowest BCUT2D eigenvalue weighted by atomic mass is 9.99. The van der Waals surface area contributed by atoms with Crippen molar-refractivity contribution in [2.24, 2.45) is 0 Å². The summed E-state index contributed by atoms with van der Waals surface area (Å²) in [5.74, 6) is 1.30. The molecule has 1 aromatic carbocycles. The van der Waals surface area contributed by atoms with E-state index in [1.54, 1.807) is 6.20 Å². The number of anilines is 1. The Labute approximate surface area is 159 Å². The average molecular weight is 367 g/mol. The first-order chi connectivity index (χ1) is 13.2. The number of pyridine rings is 1. The van der Waals surface area contributed by atoms with Crippen LogP contribution in [0.25, 0.3) is 0 Å². The number of amides is 1. The van der Waals surface area contributed by atoms with Crippen molar-refractivity contribution in [3.05, 3.63) is 47.8 Å². The normalized spacial score (nSPS) is 18.4. The van der Waals surface area contributed by atoms with Gasteiger partial charge in [0.15, 0.2) is 11.5 Å². The van der Waals surface area contributed by atoms with E-state index in [2.05, 4.69) is 22.1 Å². The van der Waals surface area contributed by atoms with Gasteiger partial charge in [-0.3, -0.25) is 9.78 Å². The van der Waals surface area contributed by atoms with Gasteiger partial charge in [-0.1, -0.05) is 13.0 Å². The number of fused-ring (bicyclic) bond motifs is 1. The average Bonchev–Trinajstić information content (AvgIpc) is 3.20. The van der Waals surface area contributed by atoms with Gasteiger partial charge in [0.05, 0.1) is 0 Å². The number of benzene rings is 1. The Balaban J connectivity index is 1.43. The summed E-state index contributed by atoms with van der Waals surface area (Å²) in [6.07, 6.45) is 6.54. The lowest BCUT2D eigenvalue weighted by Crippen LogP contribution is -2.39. The zero-order valence-electron chi connectivity index (χ0n) is 15.6. The predicted octanol–water partition coefficient (Wildman–Crippen LogP) is 3.51.